The summed E-state index contributed by atoms with van der Waals surface area (Å²) in [5.74, 6) is 0.187. The normalized spacial score (nSPS) is 10.8. The minimum absolute atomic E-state index is 0.0754. The van der Waals surface area contributed by atoms with Gasteiger partial charge in [0.05, 0.1) is 31.6 Å². The summed E-state index contributed by atoms with van der Waals surface area (Å²) in [5, 5.41) is 0. The topological polar surface area (TPSA) is 114 Å². The van der Waals surface area contributed by atoms with Gasteiger partial charge in [0.2, 0.25) is 5.88 Å². The van der Waals surface area contributed by atoms with Crippen molar-refractivity contribution in [1.82, 2.24) is 19.5 Å². The van der Waals surface area contributed by atoms with Crippen LogP contribution in [0.25, 0.3) is 22.3 Å². The van der Waals surface area contributed by atoms with Crippen molar-refractivity contribution in [3.63, 3.8) is 0 Å². The number of hydrogen-bond acceptors (Lipinski definition) is 8. The van der Waals surface area contributed by atoms with Crippen LogP contribution in [-0.2, 0) is 18.4 Å². The van der Waals surface area contributed by atoms with Gasteiger partial charge in [-0.15, -0.1) is 0 Å². The Bertz CT molecular complexity index is 1250. The van der Waals surface area contributed by atoms with Gasteiger partial charge >= 0.3 is 5.97 Å². The van der Waals surface area contributed by atoms with Crippen molar-refractivity contribution in [3.05, 3.63) is 60.0 Å². The quantitative estimate of drug-likeness (QED) is 0.475. The van der Waals surface area contributed by atoms with E-state index in [9.17, 15) is 4.79 Å². The highest BCUT2D eigenvalue weighted by molar-refractivity contribution is 5.96. The molecule has 0 amide bonds. The molecule has 4 aromatic rings. The van der Waals surface area contributed by atoms with Gasteiger partial charge in [-0.25, -0.2) is 14.8 Å². The third-order valence-electron chi connectivity index (χ3n) is 4.81. The summed E-state index contributed by atoms with van der Waals surface area (Å²) >= 11 is 0. The smallest absolute Gasteiger partial charge is 0.360 e. The number of fused-ring (bicyclic) bond motifs is 1. The van der Waals surface area contributed by atoms with Crippen LogP contribution in [0.2, 0.25) is 0 Å². The minimum atomic E-state index is -0.679. The summed E-state index contributed by atoms with van der Waals surface area (Å²) in [4.78, 5) is 25.4. The molecule has 2 aromatic heterocycles. The Kier molecular flexibility index (Phi) is 5.40. The van der Waals surface area contributed by atoms with Gasteiger partial charge in [0.15, 0.2) is 11.5 Å². The van der Waals surface area contributed by atoms with Gasteiger partial charge in [0, 0.05) is 12.6 Å². The average Bonchev–Trinajstić information content (AvgIpc) is 3.18. The highest BCUT2D eigenvalue weighted by Gasteiger charge is 2.22. The summed E-state index contributed by atoms with van der Waals surface area (Å²) in [6.45, 7) is 0.223. The van der Waals surface area contributed by atoms with E-state index in [0.717, 1.165) is 16.8 Å². The van der Waals surface area contributed by atoms with E-state index in [1.807, 2.05) is 54.1 Å². The Morgan fingerprint density at radius 3 is 2.58 bits per heavy atom. The first-order valence-electron chi connectivity index (χ1n) is 9.43. The first-order valence-corrected chi connectivity index (χ1v) is 9.43. The lowest BCUT2D eigenvalue weighted by atomic mass is 10.1. The number of hydrogen-bond donors (Lipinski definition) is 1. The number of aryl methyl sites for hydroxylation is 1. The van der Waals surface area contributed by atoms with Crippen LogP contribution >= 0.6 is 0 Å². The molecule has 2 aromatic carbocycles. The number of benzene rings is 2. The molecule has 9 nitrogen and oxygen atoms in total. The van der Waals surface area contributed by atoms with E-state index in [1.54, 1.807) is 13.4 Å². The summed E-state index contributed by atoms with van der Waals surface area (Å²) < 4.78 is 17.8. The van der Waals surface area contributed by atoms with E-state index in [2.05, 4.69) is 15.0 Å². The van der Waals surface area contributed by atoms with Crippen molar-refractivity contribution in [1.29, 1.82) is 0 Å². The lowest BCUT2D eigenvalue weighted by Gasteiger charge is -2.13. The maximum atomic E-state index is 12.2. The highest BCUT2D eigenvalue weighted by Crippen LogP contribution is 2.33. The molecule has 0 saturated heterocycles. The monoisotopic (exact) mass is 419 g/mol. The van der Waals surface area contributed by atoms with Gasteiger partial charge in [-0.2, -0.15) is 4.98 Å². The number of carbonyl (C=O) groups is 1. The maximum Gasteiger partial charge on any atom is 0.360 e. The standard InChI is InChI=1S/C22H21N5O4/c1-27-12-24-17-15(5-4-6-16(17)27)18-21(26-20(23)19(25-18)22(28)30-3)31-11-13-7-9-14(29-2)10-8-13/h4-10,12H,11H2,1-3H3,(H2,23,26). The highest BCUT2D eigenvalue weighted by atomic mass is 16.5. The second-order valence-corrected chi connectivity index (χ2v) is 6.77. The number of methoxy groups -OCH3 is 2. The fraction of sp³-hybridized carbons (Fsp3) is 0.182. The van der Waals surface area contributed by atoms with Crippen molar-refractivity contribution in [2.75, 3.05) is 20.0 Å². The Labute approximate surface area is 178 Å². The number of para-hydroxylation sites is 1. The molecule has 0 bridgehead atoms. The molecule has 0 radical (unpaired) electrons. The van der Waals surface area contributed by atoms with Crippen molar-refractivity contribution >= 4 is 22.8 Å². The summed E-state index contributed by atoms with van der Waals surface area (Å²) in [6.07, 6.45) is 1.71. The molecule has 0 unspecified atom stereocenters. The Morgan fingerprint density at radius 2 is 1.87 bits per heavy atom. The minimum Gasteiger partial charge on any atom is -0.497 e. The Morgan fingerprint density at radius 1 is 1.10 bits per heavy atom. The molecule has 9 heteroatoms. The van der Waals surface area contributed by atoms with E-state index >= 15 is 0 Å². The number of rotatable bonds is 6. The van der Waals surface area contributed by atoms with Crippen molar-refractivity contribution in [2.24, 2.45) is 7.05 Å². The zero-order valence-electron chi connectivity index (χ0n) is 17.3. The maximum absolute atomic E-state index is 12.2. The zero-order valence-corrected chi connectivity index (χ0v) is 17.3. The molecule has 0 aliphatic carbocycles. The lowest BCUT2D eigenvalue weighted by Crippen LogP contribution is -2.13. The van der Waals surface area contributed by atoms with E-state index in [0.29, 0.717) is 16.8 Å². The molecule has 2 heterocycles. The van der Waals surface area contributed by atoms with Crippen molar-refractivity contribution in [2.45, 2.75) is 6.61 Å². The number of aromatic nitrogens is 4. The molecule has 2 N–H and O–H groups in total. The number of imidazole rings is 1. The fourth-order valence-electron chi connectivity index (χ4n) is 3.18. The Balaban J connectivity index is 1.79. The number of ether oxygens (including phenoxy) is 3. The summed E-state index contributed by atoms with van der Waals surface area (Å²) in [5.41, 5.74) is 9.42. The summed E-state index contributed by atoms with van der Waals surface area (Å²) in [6, 6.07) is 13.1. The molecular weight excluding hydrogens is 398 g/mol. The molecule has 0 aliphatic rings. The Hall–Kier alpha value is -4.14. The SMILES string of the molecule is COC(=O)c1nc(-c2cccc3c2ncn3C)c(OCc2ccc(OC)cc2)nc1N. The van der Waals surface area contributed by atoms with E-state index < -0.39 is 5.97 Å². The number of anilines is 1. The third kappa shape index (κ3) is 3.85. The number of nitrogen functional groups attached to an aromatic ring is 1. The predicted octanol–water partition coefficient (Wildman–Crippen LogP) is 2.99. The molecule has 31 heavy (non-hydrogen) atoms. The van der Waals surface area contributed by atoms with E-state index in [4.69, 9.17) is 19.9 Å². The molecular formula is C22H21N5O4. The average molecular weight is 419 g/mol. The van der Waals surface area contributed by atoms with Crippen molar-refractivity contribution in [3.8, 4) is 22.9 Å². The van der Waals surface area contributed by atoms with Crippen LogP contribution in [0.4, 0.5) is 5.82 Å². The van der Waals surface area contributed by atoms with Gasteiger partial charge < -0.3 is 24.5 Å². The molecule has 158 valence electrons. The molecule has 0 spiro atoms. The summed E-state index contributed by atoms with van der Waals surface area (Å²) in [7, 11) is 4.77. The van der Waals surface area contributed by atoms with Gasteiger partial charge in [0.25, 0.3) is 0 Å². The van der Waals surface area contributed by atoms with Gasteiger partial charge in [-0.05, 0) is 23.8 Å². The molecule has 0 atom stereocenters. The van der Waals surface area contributed by atoms with Crippen LogP contribution in [0, 0.1) is 0 Å². The predicted molar refractivity (Wildman–Crippen MR) is 115 cm³/mol. The lowest BCUT2D eigenvalue weighted by molar-refractivity contribution is 0.0595. The number of carbonyl (C=O) groups excluding carboxylic acids is 1. The van der Waals surface area contributed by atoms with Gasteiger partial charge in [-0.1, -0.05) is 24.3 Å². The number of nitrogens with zero attached hydrogens (tertiary/aromatic N) is 4. The third-order valence-corrected chi connectivity index (χ3v) is 4.81. The van der Waals surface area contributed by atoms with Crippen LogP contribution < -0.4 is 15.2 Å². The molecule has 0 saturated carbocycles. The first-order chi connectivity index (χ1) is 15.0. The van der Waals surface area contributed by atoms with Crippen LogP contribution in [-0.4, -0.2) is 39.7 Å². The molecule has 0 fully saturated rings. The second kappa shape index (κ2) is 8.31. The van der Waals surface area contributed by atoms with Crippen LogP contribution in [0.3, 0.4) is 0 Å². The fourth-order valence-corrected chi connectivity index (χ4v) is 3.18. The molecule has 0 aliphatic heterocycles. The van der Waals surface area contributed by atoms with Gasteiger partial charge in [-0.3, -0.25) is 0 Å². The second-order valence-electron chi connectivity index (χ2n) is 6.77. The molecule has 4 rings (SSSR count). The first kappa shape index (κ1) is 20.1. The van der Waals surface area contributed by atoms with Crippen LogP contribution in [0.15, 0.2) is 48.8 Å². The van der Waals surface area contributed by atoms with E-state index in [-0.39, 0.29) is 24.0 Å². The van der Waals surface area contributed by atoms with Crippen LogP contribution in [0.5, 0.6) is 11.6 Å². The number of nitrogens with two attached hydrogens (primary N) is 1. The largest absolute Gasteiger partial charge is 0.497 e. The van der Waals surface area contributed by atoms with E-state index in [1.165, 1.54) is 7.11 Å². The van der Waals surface area contributed by atoms with Crippen LogP contribution in [0.1, 0.15) is 16.1 Å². The van der Waals surface area contributed by atoms with Gasteiger partial charge in [0.1, 0.15) is 18.1 Å². The number of esters is 1. The van der Waals surface area contributed by atoms with Crippen molar-refractivity contribution < 1.29 is 19.0 Å². The zero-order chi connectivity index (χ0) is 22.0.